The van der Waals surface area contributed by atoms with Crippen LogP contribution < -0.4 is 10.9 Å². The number of aromatic nitrogens is 2. The molecule has 0 bridgehead atoms. The topological polar surface area (TPSA) is 121 Å². The highest BCUT2D eigenvalue weighted by Gasteiger charge is 2.33. The number of primary sulfonamides is 1. The Balaban J connectivity index is 2.41. The molecule has 4 N–H and O–H groups in total. The van der Waals surface area contributed by atoms with Crippen molar-refractivity contribution in [3.05, 3.63) is 64.9 Å². The van der Waals surface area contributed by atoms with E-state index in [9.17, 15) is 26.4 Å². The molecule has 1 aromatic heterocycles. The monoisotopic (exact) mass is 458 g/mol. The molecule has 1 amide bonds. The summed E-state index contributed by atoms with van der Waals surface area (Å²) in [5.74, 6) is -0.755. The number of rotatable bonds is 5. The molecule has 3 aromatic rings. The Morgan fingerprint density at radius 3 is 2.37 bits per heavy atom. The van der Waals surface area contributed by atoms with Gasteiger partial charge in [0.25, 0.3) is 0 Å². The van der Waals surface area contributed by atoms with Crippen LogP contribution in [-0.4, -0.2) is 24.1 Å². The van der Waals surface area contributed by atoms with Gasteiger partial charge in [0.1, 0.15) is 4.90 Å². The summed E-state index contributed by atoms with van der Waals surface area (Å²) < 4.78 is 64.8. The minimum absolute atomic E-state index is 0.0385. The molecule has 0 fully saturated rings. The van der Waals surface area contributed by atoms with Crippen molar-refractivity contribution >= 4 is 27.5 Å². The van der Waals surface area contributed by atoms with Crippen molar-refractivity contribution in [2.45, 2.75) is 17.5 Å². The van der Waals surface area contributed by atoms with Crippen molar-refractivity contribution in [1.29, 1.82) is 0 Å². The predicted molar refractivity (Wildman–Crippen MR) is 103 cm³/mol. The molecular weight excluding hydrogens is 445 g/mol. The molecule has 0 aliphatic heterocycles. The number of nitrogens with zero attached hydrogens (tertiary/aromatic N) is 2. The molecule has 0 radical (unpaired) electrons. The van der Waals surface area contributed by atoms with Gasteiger partial charge in [-0.15, -0.1) is 0 Å². The Morgan fingerprint density at radius 1 is 1.17 bits per heavy atom. The fourth-order valence-electron chi connectivity index (χ4n) is 2.98. The summed E-state index contributed by atoms with van der Waals surface area (Å²) >= 11 is 6.23. The maximum absolute atomic E-state index is 13.0. The van der Waals surface area contributed by atoms with Crippen molar-refractivity contribution in [2.75, 3.05) is 0 Å². The van der Waals surface area contributed by atoms with Gasteiger partial charge in [-0.25, -0.2) is 18.2 Å². The molecule has 0 aliphatic rings. The van der Waals surface area contributed by atoms with Crippen LogP contribution in [0, 0.1) is 0 Å². The summed E-state index contributed by atoms with van der Waals surface area (Å²) in [5, 5.41) is 9.19. The lowest BCUT2D eigenvalue weighted by Crippen LogP contribution is -2.20. The van der Waals surface area contributed by atoms with E-state index >= 15 is 0 Å². The van der Waals surface area contributed by atoms with Gasteiger partial charge in [0.05, 0.1) is 23.9 Å². The molecule has 0 saturated carbocycles. The molecule has 1 heterocycles. The van der Waals surface area contributed by atoms with E-state index < -0.39 is 32.6 Å². The lowest BCUT2D eigenvalue weighted by Gasteiger charge is -2.18. The first kappa shape index (κ1) is 21.8. The second-order valence-corrected chi connectivity index (χ2v) is 8.19. The zero-order valence-corrected chi connectivity index (χ0v) is 16.6. The second kappa shape index (κ2) is 7.74. The highest BCUT2D eigenvalue weighted by Crippen LogP contribution is 2.39. The van der Waals surface area contributed by atoms with Gasteiger partial charge in [0.15, 0.2) is 0 Å². The van der Waals surface area contributed by atoms with Crippen LogP contribution in [-0.2, 0) is 27.4 Å². The molecule has 2 aromatic carbocycles. The second-order valence-electron chi connectivity index (χ2n) is 6.29. The molecule has 0 spiro atoms. The molecule has 0 saturated heterocycles. The third-order valence-corrected chi connectivity index (χ3v) is 5.48. The van der Waals surface area contributed by atoms with Gasteiger partial charge >= 0.3 is 6.18 Å². The summed E-state index contributed by atoms with van der Waals surface area (Å²) in [5.41, 5.74) is 4.31. The molecule has 0 aliphatic carbocycles. The van der Waals surface area contributed by atoms with Crippen molar-refractivity contribution in [2.24, 2.45) is 10.9 Å². The van der Waals surface area contributed by atoms with Crippen LogP contribution >= 0.6 is 11.6 Å². The average molecular weight is 459 g/mol. The van der Waals surface area contributed by atoms with Crippen LogP contribution in [0.25, 0.3) is 16.8 Å². The Kier molecular flexibility index (Phi) is 5.63. The lowest BCUT2D eigenvalue weighted by molar-refractivity contribution is -0.137. The molecule has 12 heteroatoms. The quantitative estimate of drug-likeness (QED) is 0.610. The number of benzene rings is 2. The number of amides is 1. The van der Waals surface area contributed by atoms with Gasteiger partial charge in [-0.05, 0) is 17.7 Å². The van der Waals surface area contributed by atoms with E-state index in [4.69, 9.17) is 22.5 Å². The van der Waals surface area contributed by atoms with Crippen LogP contribution in [0.2, 0.25) is 5.02 Å². The van der Waals surface area contributed by atoms with E-state index in [0.717, 1.165) is 4.68 Å². The number of primary amides is 1. The molecule has 30 heavy (non-hydrogen) atoms. The van der Waals surface area contributed by atoms with Crippen LogP contribution in [0.5, 0.6) is 0 Å². The normalized spacial score (nSPS) is 12.2. The maximum Gasteiger partial charge on any atom is 0.419 e. The van der Waals surface area contributed by atoms with Gasteiger partial charge in [0.2, 0.25) is 15.9 Å². The Morgan fingerprint density at radius 2 is 1.83 bits per heavy atom. The van der Waals surface area contributed by atoms with E-state index in [0.29, 0.717) is 12.4 Å². The van der Waals surface area contributed by atoms with E-state index in [1.165, 1.54) is 24.3 Å². The van der Waals surface area contributed by atoms with E-state index in [1.807, 2.05) is 0 Å². The third-order valence-electron chi connectivity index (χ3n) is 4.17. The number of nitrogens with two attached hydrogens (primary N) is 2. The van der Waals surface area contributed by atoms with Gasteiger partial charge in [0, 0.05) is 22.3 Å². The predicted octanol–water partition coefficient (Wildman–Crippen LogP) is 2.89. The number of carbonyl (C=O) groups is 1. The number of sulfonamides is 1. The van der Waals surface area contributed by atoms with Gasteiger partial charge in [-0.2, -0.15) is 18.3 Å². The summed E-state index contributed by atoms with van der Waals surface area (Å²) in [6, 6.07) is 8.71. The summed E-state index contributed by atoms with van der Waals surface area (Å²) in [7, 11) is -4.51. The number of halogens is 4. The van der Waals surface area contributed by atoms with E-state index in [-0.39, 0.29) is 33.8 Å². The fourth-order valence-corrected chi connectivity index (χ4v) is 4.18. The minimum Gasteiger partial charge on any atom is -0.369 e. The number of hydrogen-bond acceptors (Lipinski definition) is 4. The Bertz CT molecular complexity index is 1240. The number of alkyl halides is 3. The largest absolute Gasteiger partial charge is 0.419 e. The standard InChI is InChI=1S/C18H14ClF3N4O3S/c19-13-4-2-1-3-12(13)16-10(7-15(23)27)5-6-14(17(16)30(24,28)29)26-9-11(8-25-26)18(20,21)22/h1-6,8-9H,7H2,(H2,23,27)(H2,24,28,29). The average Bonchev–Trinajstić information content (AvgIpc) is 3.11. The van der Waals surface area contributed by atoms with E-state index in [2.05, 4.69) is 5.10 Å². The van der Waals surface area contributed by atoms with Gasteiger partial charge in [-0.1, -0.05) is 35.9 Å². The van der Waals surface area contributed by atoms with Gasteiger partial charge < -0.3 is 5.73 Å². The summed E-state index contributed by atoms with van der Waals surface area (Å²) in [6.45, 7) is 0. The zero-order valence-electron chi connectivity index (χ0n) is 15.0. The third kappa shape index (κ3) is 4.32. The van der Waals surface area contributed by atoms with Crippen LogP contribution in [0.3, 0.4) is 0 Å². The first-order valence-corrected chi connectivity index (χ1v) is 10.2. The highest BCUT2D eigenvalue weighted by atomic mass is 35.5. The maximum atomic E-state index is 13.0. The molecule has 7 nitrogen and oxygen atoms in total. The molecular formula is C18H14ClF3N4O3S. The smallest absolute Gasteiger partial charge is 0.369 e. The number of hydrogen-bond donors (Lipinski definition) is 2. The summed E-state index contributed by atoms with van der Waals surface area (Å²) in [6.07, 6.45) is -3.85. The first-order chi connectivity index (χ1) is 13.9. The Hall–Kier alpha value is -2.89. The van der Waals surface area contributed by atoms with Crippen LogP contribution in [0.15, 0.2) is 53.7 Å². The Labute approximate surface area is 174 Å². The SMILES string of the molecule is NC(=O)Cc1ccc(-n2cc(C(F)(F)F)cn2)c(S(N)(=O)=O)c1-c1ccccc1Cl. The summed E-state index contributed by atoms with van der Waals surface area (Å²) in [4.78, 5) is 11.0. The van der Waals surface area contributed by atoms with Crippen molar-refractivity contribution < 1.29 is 26.4 Å². The van der Waals surface area contributed by atoms with E-state index in [1.54, 1.807) is 12.1 Å². The zero-order chi connectivity index (χ0) is 22.3. The molecule has 0 atom stereocenters. The first-order valence-electron chi connectivity index (χ1n) is 8.23. The van der Waals surface area contributed by atoms with Crippen LogP contribution in [0.4, 0.5) is 13.2 Å². The highest BCUT2D eigenvalue weighted by molar-refractivity contribution is 7.89. The van der Waals surface area contributed by atoms with Gasteiger partial charge in [-0.3, -0.25) is 4.79 Å². The number of carbonyl (C=O) groups excluding carboxylic acids is 1. The van der Waals surface area contributed by atoms with Crippen molar-refractivity contribution in [3.8, 4) is 16.8 Å². The molecule has 0 unspecified atom stereocenters. The van der Waals surface area contributed by atoms with Crippen molar-refractivity contribution in [1.82, 2.24) is 9.78 Å². The molecule has 158 valence electrons. The fraction of sp³-hybridized carbons (Fsp3) is 0.111. The molecule has 3 rings (SSSR count). The minimum atomic E-state index is -4.68. The van der Waals surface area contributed by atoms with Crippen molar-refractivity contribution in [3.63, 3.8) is 0 Å². The van der Waals surface area contributed by atoms with Crippen LogP contribution in [0.1, 0.15) is 11.1 Å². The lowest BCUT2D eigenvalue weighted by atomic mass is 9.96.